The summed E-state index contributed by atoms with van der Waals surface area (Å²) >= 11 is 12.5. The second kappa shape index (κ2) is 8.34. The lowest BCUT2D eigenvalue weighted by Gasteiger charge is -2.23. The summed E-state index contributed by atoms with van der Waals surface area (Å²) in [6, 6.07) is 15.7. The SMILES string of the molecule is CC(NC(/C=C/c1ccccc1)c1ccc(Cl)cc1Cl)n1ccnc1. The Kier molecular flexibility index (Phi) is 5.92. The van der Waals surface area contributed by atoms with Crippen molar-refractivity contribution in [1.29, 1.82) is 0 Å². The number of imidazole rings is 1. The van der Waals surface area contributed by atoms with Crippen molar-refractivity contribution >= 4 is 29.3 Å². The molecule has 0 aliphatic carbocycles. The first-order valence-corrected chi connectivity index (χ1v) is 8.81. The van der Waals surface area contributed by atoms with E-state index in [2.05, 4.69) is 41.5 Å². The maximum atomic E-state index is 6.44. The quantitative estimate of drug-likeness (QED) is 0.597. The fourth-order valence-corrected chi connectivity index (χ4v) is 3.14. The van der Waals surface area contributed by atoms with Gasteiger partial charge in [-0.2, -0.15) is 0 Å². The molecule has 3 nitrogen and oxygen atoms in total. The van der Waals surface area contributed by atoms with Crippen LogP contribution >= 0.6 is 23.2 Å². The number of nitrogens with zero attached hydrogens (tertiary/aromatic N) is 2. The van der Waals surface area contributed by atoms with Gasteiger partial charge in [0.2, 0.25) is 0 Å². The number of nitrogens with one attached hydrogen (secondary N) is 1. The number of benzene rings is 2. The van der Waals surface area contributed by atoms with Crippen LogP contribution in [0, 0.1) is 0 Å². The van der Waals surface area contributed by atoms with Gasteiger partial charge in [0, 0.05) is 22.4 Å². The molecular formula is C20H19Cl2N3. The molecule has 0 aliphatic heterocycles. The van der Waals surface area contributed by atoms with Gasteiger partial charge < -0.3 is 4.57 Å². The lowest BCUT2D eigenvalue weighted by Crippen LogP contribution is -2.27. The third-order valence-corrected chi connectivity index (χ3v) is 4.53. The zero-order valence-electron chi connectivity index (χ0n) is 13.8. The van der Waals surface area contributed by atoms with Gasteiger partial charge in [0.15, 0.2) is 0 Å². The lowest BCUT2D eigenvalue weighted by atomic mass is 10.0. The Hall–Kier alpha value is -2.07. The summed E-state index contributed by atoms with van der Waals surface area (Å²) in [7, 11) is 0. The summed E-state index contributed by atoms with van der Waals surface area (Å²) in [6.07, 6.45) is 9.74. The van der Waals surface area contributed by atoms with Crippen LogP contribution in [-0.2, 0) is 0 Å². The van der Waals surface area contributed by atoms with E-state index < -0.39 is 0 Å². The molecule has 1 N–H and O–H groups in total. The Morgan fingerprint density at radius 1 is 1.12 bits per heavy atom. The molecule has 2 atom stereocenters. The zero-order chi connectivity index (χ0) is 17.6. The molecule has 1 heterocycles. The summed E-state index contributed by atoms with van der Waals surface area (Å²) in [4.78, 5) is 4.11. The van der Waals surface area contributed by atoms with Gasteiger partial charge in [0.25, 0.3) is 0 Å². The predicted molar refractivity (Wildman–Crippen MR) is 105 cm³/mol. The van der Waals surface area contributed by atoms with Gasteiger partial charge in [0.1, 0.15) is 0 Å². The van der Waals surface area contributed by atoms with Gasteiger partial charge in [-0.05, 0) is 30.2 Å². The van der Waals surface area contributed by atoms with Crippen LogP contribution in [0.4, 0.5) is 0 Å². The van der Waals surface area contributed by atoms with Crippen LogP contribution in [0.25, 0.3) is 6.08 Å². The molecule has 0 fully saturated rings. The van der Waals surface area contributed by atoms with Crippen LogP contribution in [-0.4, -0.2) is 9.55 Å². The molecule has 0 radical (unpaired) electrons. The smallest absolute Gasteiger partial charge is 0.0959 e. The van der Waals surface area contributed by atoms with Crippen LogP contribution in [0.15, 0.2) is 73.3 Å². The largest absolute Gasteiger partial charge is 0.322 e. The summed E-state index contributed by atoms with van der Waals surface area (Å²) in [6.45, 7) is 2.08. The van der Waals surface area contributed by atoms with Gasteiger partial charge in [-0.15, -0.1) is 0 Å². The Bertz CT molecular complexity index is 829. The van der Waals surface area contributed by atoms with Crippen LogP contribution in [0.2, 0.25) is 10.0 Å². The molecule has 0 bridgehead atoms. The van der Waals surface area contributed by atoms with Crippen LogP contribution in [0.5, 0.6) is 0 Å². The normalized spacial score (nSPS) is 13.9. The number of hydrogen-bond donors (Lipinski definition) is 1. The Morgan fingerprint density at radius 3 is 2.60 bits per heavy atom. The topological polar surface area (TPSA) is 29.9 Å². The minimum atomic E-state index is -0.0672. The van der Waals surface area contributed by atoms with Crippen molar-refractivity contribution in [1.82, 2.24) is 14.9 Å². The molecule has 25 heavy (non-hydrogen) atoms. The maximum absolute atomic E-state index is 6.44. The molecule has 0 saturated carbocycles. The molecular weight excluding hydrogens is 353 g/mol. The third kappa shape index (κ3) is 4.73. The summed E-state index contributed by atoms with van der Waals surface area (Å²) < 4.78 is 2.01. The van der Waals surface area contributed by atoms with Crippen LogP contribution in [0.3, 0.4) is 0 Å². The number of hydrogen-bond acceptors (Lipinski definition) is 2. The van der Waals surface area contributed by atoms with Crippen LogP contribution in [0.1, 0.15) is 30.3 Å². The Labute approximate surface area is 157 Å². The van der Waals surface area contributed by atoms with E-state index in [1.807, 2.05) is 41.1 Å². The highest BCUT2D eigenvalue weighted by molar-refractivity contribution is 6.35. The van der Waals surface area contributed by atoms with Crippen molar-refractivity contribution in [2.75, 3.05) is 0 Å². The Balaban J connectivity index is 1.88. The van der Waals surface area contributed by atoms with Crippen molar-refractivity contribution in [3.63, 3.8) is 0 Å². The number of rotatable bonds is 6. The summed E-state index contributed by atoms with van der Waals surface area (Å²) in [5.74, 6) is 0. The van der Waals surface area contributed by atoms with Crippen molar-refractivity contribution in [3.8, 4) is 0 Å². The van der Waals surface area contributed by atoms with Crippen molar-refractivity contribution in [2.45, 2.75) is 19.1 Å². The second-order valence-corrected chi connectivity index (χ2v) is 6.61. The monoisotopic (exact) mass is 371 g/mol. The molecule has 0 spiro atoms. The highest BCUT2D eigenvalue weighted by Gasteiger charge is 2.15. The first-order chi connectivity index (χ1) is 12.1. The fourth-order valence-electron chi connectivity index (χ4n) is 2.62. The summed E-state index contributed by atoms with van der Waals surface area (Å²) in [5, 5.41) is 4.84. The molecule has 3 rings (SSSR count). The van der Waals surface area contributed by atoms with E-state index in [1.54, 1.807) is 18.6 Å². The fraction of sp³-hybridized carbons (Fsp3) is 0.150. The van der Waals surface area contributed by atoms with Gasteiger partial charge >= 0.3 is 0 Å². The minimum absolute atomic E-state index is 0.0552. The van der Waals surface area contributed by atoms with E-state index in [9.17, 15) is 0 Å². The highest BCUT2D eigenvalue weighted by atomic mass is 35.5. The van der Waals surface area contributed by atoms with E-state index in [4.69, 9.17) is 23.2 Å². The Morgan fingerprint density at radius 2 is 1.92 bits per heavy atom. The van der Waals surface area contributed by atoms with E-state index in [-0.39, 0.29) is 12.2 Å². The number of halogens is 2. The van der Waals surface area contributed by atoms with Gasteiger partial charge in [-0.3, -0.25) is 5.32 Å². The van der Waals surface area contributed by atoms with E-state index >= 15 is 0 Å². The van der Waals surface area contributed by atoms with Gasteiger partial charge in [-0.25, -0.2) is 4.98 Å². The molecule has 5 heteroatoms. The van der Waals surface area contributed by atoms with E-state index in [0.717, 1.165) is 11.1 Å². The van der Waals surface area contributed by atoms with E-state index in [1.165, 1.54) is 0 Å². The van der Waals surface area contributed by atoms with Crippen molar-refractivity contribution in [3.05, 3.63) is 94.5 Å². The highest BCUT2D eigenvalue weighted by Crippen LogP contribution is 2.28. The first-order valence-electron chi connectivity index (χ1n) is 8.05. The second-order valence-electron chi connectivity index (χ2n) is 5.77. The predicted octanol–water partition coefficient (Wildman–Crippen LogP) is 5.75. The maximum Gasteiger partial charge on any atom is 0.0959 e. The average Bonchev–Trinajstić information content (AvgIpc) is 3.14. The van der Waals surface area contributed by atoms with E-state index in [0.29, 0.717) is 10.0 Å². The van der Waals surface area contributed by atoms with Gasteiger partial charge in [0.05, 0.1) is 18.5 Å². The van der Waals surface area contributed by atoms with Crippen LogP contribution < -0.4 is 5.32 Å². The molecule has 1 aromatic heterocycles. The standard InChI is InChI=1S/C20H19Cl2N3/c1-15(25-12-11-23-14-25)24-20(10-7-16-5-3-2-4-6-16)18-9-8-17(21)13-19(18)22/h2-15,20,24H,1H3/b10-7+. The molecule has 128 valence electrons. The molecule has 2 aromatic carbocycles. The average molecular weight is 372 g/mol. The molecule has 0 aliphatic rings. The van der Waals surface area contributed by atoms with Crippen molar-refractivity contribution < 1.29 is 0 Å². The lowest BCUT2D eigenvalue weighted by molar-refractivity contribution is 0.409. The molecule has 0 saturated heterocycles. The zero-order valence-corrected chi connectivity index (χ0v) is 15.3. The molecule has 0 amide bonds. The molecule has 2 unspecified atom stereocenters. The first kappa shape index (κ1) is 17.7. The minimum Gasteiger partial charge on any atom is -0.322 e. The third-order valence-electron chi connectivity index (χ3n) is 3.97. The van der Waals surface area contributed by atoms with Gasteiger partial charge in [-0.1, -0.05) is 71.8 Å². The summed E-state index contributed by atoms with van der Waals surface area (Å²) in [5.41, 5.74) is 2.11. The van der Waals surface area contributed by atoms with Crippen molar-refractivity contribution in [2.24, 2.45) is 0 Å². The molecule has 3 aromatic rings. The number of aromatic nitrogens is 2.